The topological polar surface area (TPSA) is 106 Å². The van der Waals surface area contributed by atoms with E-state index in [1.807, 2.05) is 0 Å². The van der Waals surface area contributed by atoms with Gasteiger partial charge in [0.1, 0.15) is 6.04 Å². The summed E-state index contributed by atoms with van der Waals surface area (Å²) >= 11 is 3.27. The van der Waals surface area contributed by atoms with Crippen LogP contribution >= 0.6 is 15.9 Å². The Balaban J connectivity index is 2.50. The number of hydrogen-bond donors (Lipinski definition) is 2. The van der Waals surface area contributed by atoms with Gasteiger partial charge in [0.15, 0.2) is 0 Å². The third-order valence-corrected chi connectivity index (χ3v) is 6.40. The number of amides is 1. The summed E-state index contributed by atoms with van der Waals surface area (Å²) in [5.74, 6) is -0.610. The summed E-state index contributed by atoms with van der Waals surface area (Å²) in [7, 11) is -3.79. The van der Waals surface area contributed by atoms with Crippen molar-refractivity contribution in [2.45, 2.75) is 37.1 Å². The van der Waals surface area contributed by atoms with Crippen molar-refractivity contribution in [3.63, 3.8) is 0 Å². The fraction of sp³-hybridized carbons (Fsp3) is 0.462. The number of carbonyl (C=O) groups excluding carboxylic acids is 1. The quantitative estimate of drug-likeness (QED) is 0.777. The van der Waals surface area contributed by atoms with Crippen molar-refractivity contribution in [3.05, 3.63) is 22.2 Å². The Kier molecular flexibility index (Phi) is 4.60. The van der Waals surface area contributed by atoms with Gasteiger partial charge in [-0.05, 0) is 53.4 Å². The summed E-state index contributed by atoms with van der Waals surface area (Å²) in [4.78, 5) is 11.7. The summed E-state index contributed by atoms with van der Waals surface area (Å²) in [5.41, 5.74) is 12.0. The van der Waals surface area contributed by atoms with Crippen LogP contribution in [0.2, 0.25) is 0 Å². The van der Waals surface area contributed by atoms with Gasteiger partial charge in [0.05, 0.1) is 4.90 Å². The van der Waals surface area contributed by atoms with E-state index in [1.54, 1.807) is 13.0 Å². The molecule has 0 saturated carbocycles. The van der Waals surface area contributed by atoms with Crippen molar-refractivity contribution in [1.29, 1.82) is 0 Å². The zero-order valence-corrected chi connectivity index (χ0v) is 14.1. The second kappa shape index (κ2) is 5.94. The van der Waals surface area contributed by atoms with Crippen molar-refractivity contribution in [1.82, 2.24) is 4.31 Å². The van der Waals surface area contributed by atoms with Crippen molar-refractivity contribution >= 4 is 37.5 Å². The molecule has 1 heterocycles. The number of carbonyl (C=O) groups is 1. The van der Waals surface area contributed by atoms with E-state index in [4.69, 9.17) is 11.5 Å². The third-order valence-electron chi connectivity index (χ3n) is 3.66. The molecule has 116 valence electrons. The summed E-state index contributed by atoms with van der Waals surface area (Å²) in [5, 5.41) is 0. The highest BCUT2D eigenvalue weighted by Crippen LogP contribution is 2.31. The second-order valence-corrected chi connectivity index (χ2v) is 7.88. The number of halogens is 1. The number of anilines is 1. The van der Waals surface area contributed by atoms with Crippen LogP contribution < -0.4 is 11.5 Å². The summed E-state index contributed by atoms with van der Waals surface area (Å²) in [6, 6.07) is 2.29. The number of nitrogen functional groups attached to an aromatic ring is 1. The van der Waals surface area contributed by atoms with E-state index in [2.05, 4.69) is 15.9 Å². The predicted molar refractivity (Wildman–Crippen MR) is 84.0 cm³/mol. The first-order valence-corrected chi connectivity index (χ1v) is 8.85. The number of nitrogens with two attached hydrogens (primary N) is 2. The molecule has 21 heavy (non-hydrogen) atoms. The third kappa shape index (κ3) is 3.07. The number of hydrogen-bond acceptors (Lipinski definition) is 4. The van der Waals surface area contributed by atoms with E-state index < -0.39 is 22.0 Å². The SMILES string of the molecule is Cc1cc(Br)c(N)cc1S(=O)(=O)N1CCCCC1C(N)=O. The summed E-state index contributed by atoms with van der Waals surface area (Å²) < 4.78 is 27.5. The van der Waals surface area contributed by atoms with E-state index in [0.29, 0.717) is 35.1 Å². The number of primary amides is 1. The lowest BCUT2D eigenvalue weighted by molar-refractivity contribution is -0.122. The Hall–Kier alpha value is -1.12. The first-order valence-electron chi connectivity index (χ1n) is 6.62. The zero-order chi connectivity index (χ0) is 15.8. The number of aryl methyl sites for hydroxylation is 1. The minimum atomic E-state index is -3.79. The Labute approximate surface area is 132 Å². The maximum absolute atomic E-state index is 12.8. The molecule has 0 bridgehead atoms. The van der Waals surface area contributed by atoms with Gasteiger partial charge in [0, 0.05) is 16.7 Å². The number of nitrogens with zero attached hydrogens (tertiary/aromatic N) is 1. The molecular weight excluding hydrogens is 358 g/mol. The van der Waals surface area contributed by atoms with Crippen LogP contribution in [0.3, 0.4) is 0 Å². The molecule has 6 nitrogen and oxygen atoms in total. The molecule has 1 amide bonds. The van der Waals surface area contributed by atoms with Gasteiger partial charge in [0.2, 0.25) is 15.9 Å². The largest absolute Gasteiger partial charge is 0.398 e. The molecular formula is C13H18BrN3O3S. The molecule has 1 aliphatic heterocycles. The fourth-order valence-electron chi connectivity index (χ4n) is 2.55. The first kappa shape index (κ1) is 16.3. The molecule has 4 N–H and O–H groups in total. The molecule has 1 aromatic carbocycles. The molecule has 0 aromatic heterocycles. The molecule has 1 saturated heterocycles. The smallest absolute Gasteiger partial charge is 0.244 e. The van der Waals surface area contributed by atoms with E-state index in [9.17, 15) is 13.2 Å². The van der Waals surface area contributed by atoms with Crippen molar-refractivity contribution < 1.29 is 13.2 Å². The van der Waals surface area contributed by atoms with Crippen LogP contribution in [0, 0.1) is 6.92 Å². The molecule has 1 aliphatic rings. The Morgan fingerprint density at radius 3 is 2.67 bits per heavy atom. The molecule has 0 spiro atoms. The average Bonchev–Trinajstić information content (AvgIpc) is 2.42. The van der Waals surface area contributed by atoms with E-state index in [1.165, 1.54) is 10.4 Å². The molecule has 1 aromatic rings. The van der Waals surface area contributed by atoms with E-state index in [0.717, 1.165) is 6.42 Å². The molecule has 1 unspecified atom stereocenters. The standard InChI is InChI=1S/C13H18BrN3O3S/c1-8-6-9(14)10(15)7-12(8)21(19,20)17-5-3-2-4-11(17)13(16)18/h6-7,11H,2-5,15H2,1H3,(H2,16,18). The normalized spacial score (nSPS) is 20.4. The minimum absolute atomic E-state index is 0.122. The monoisotopic (exact) mass is 375 g/mol. The maximum Gasteiger partial charge on any atom is 0.244 e. The second-order valence-electron chi connectivity index (χ2n) is 5.17. The van der Waals surface area contributed by atoms with Crippen molar-refractivity contribution in [3.8, 4) is 0 Å². The highest BCUT2D eigenvalue weighted by Gasteiger charge is 2.37. The van der Waals surface area contributed by atoms with Crippen LogP contribution in [0.15, 0.2) is 21.5 Å². The molecule has 0 aliphatic carbocycles. The van der Waals surface area contributed by atoms with Crippen LogP contribution in [0.5, 0.6) is 0 Å². The van der Waals surface area contributed by atoms with Crippen molar-refractivity contribution in [2.24, 2.45) is 5.73 Å². The highest BCUT2D eigenvalue weighted by molar-refractivity contribution is 9.10. The predicted octanol–water partition coefficient (Wildman–Crippen LogP) is 1.37. The number of benzene rings is 1. The van der Waals surface area contributed by atoms with Gasteiger partial charge in [-0.3, -0.25) is 4.79 Å². The summed E-state index contributed by atoms with van der Waals surface area (Å²) in [6.45, 7) is 1.99. The Morgan fingerprint density at radius 2 is 2.05 bits per heavy atom. The number of rotatable bonds is 3. The zero-order valence-electron chi connectivity index (χ0n) is 11.7. The Bertz CT molecular complexity index is 675. The van der Waals surface area contributed by atoms with Gasteiger partial charge in [-0.1, -0.05) is 6.42 Å². The molecule has 1 atom stereocenters. The Morgan fingerprint density at radius 1 is 1.38 bits per heavy atom. The maximum atomic E-state index is 12.8. The van der Waals surface area contributed by atoms with Gasteiger partial charge < -0.3 is 11.5 Å². The van der Waals surface area contributed by atoms with Crippen LogP contribution in [-0.2, 0) is 14.8 Å². The number of sulfonamides is 1. The minimum Gasteiger partial charge on any atom is -0.398 e. The van der Waals surface area contributed by atoms with Gasteiger partial charge in [-0.15, -0.1) is 0 Å². The fourth-order valence-corrected chi connectivity index (χ4v) is 4.92. The van der Waals surface area contributed by atoms with E-state index in [-0.39, 0.29) is 4.90 Å². The summed E-state index contributed by atoms with van der Waals surface area (Å²) in [6.07, 6.45) is 1.97. The van der Waals surface area contributed by atoms with Crippen LogP contribution in [0.4, 0.5) is 5.69 Å². The van der Waals surface area contributed by atoms with Crippen LogP contribution in [0.1, 0.15) is 24.8 Å². The number of piperidine rings is 1. The lowest BCUT2D eigenvalue weighted by Gasteiger charge is -2.33. The first-order chi connectivity index (χ1) is 9.75. The van der Waals surface area contributed by atoms with Gasteiger partial charge >= 0.3 is 0 Å². The molecule has 1 fully saturated rings. The molecule has 0 radical (unpaired) electrons. The van der Waals surface area contributed by atoms with Crippen LogP contribution in [-0.4, -0.2) is 31.2 Å². The lowest BCUT2D eigenvalue weighted by atomic mass is 10.0. The average molecular weight is 376 g/mol. The molecule has 2 rings (SSSR count). The highest BCUT2D eigenvalue weighted by atomic mass is 79.9. The van der Waals surface area contributed by atoms with Gasteiger partial charge in [-0.25, -0.2) is 8.42 Å². The molecule has 8 heteroatoms. The van der Waals surface area contributed by atoms with E-state index >= 15 is 0 Å². The van der Waals surface area contributed by atoms with Gasteiger partial charge in [0.25, 0.3) is 0 Å². The van der Waals surface area contributed by atoms with Crippen molar-refractivity contribution in [2.75, 3.05) is 12.3 Å². The van der Waals surface area contributed by atoms with Crippen LogP contribution in [0.25, 0.3) is 0 Å². The lowest BCUT2D eigenvalue weighted by Crippen LogP contribution is -2.50. The van der Waals surface area contributed by atoms with Gasteiger partial charge in [-0.2, -0.15) is 4.31 Å².